The van der Waals surface area contributed by atoms with Gasteiger partial charge in [0.15, 0.2) is 5.75 Å². The lowest BCUT2D eigenvalue weighted by atomic mass is 10.1. The van der Waals surface area contributed by atoms with E-state index in [1.54, 1.807) is 19.1 Å². The molecular formula is C13H18F2N2O3. The summed E-state index contributed by atoms with van der Waals surface area (Å²) in [5.41, 5.74) is 6.10. The van der Waals surface area contributed by atoms with Gasteiger partial charge in [0, 0.05) is 6.54 Å². The second-order valence-corrected chi connectivity index (χ2v) is 4.02. The van der Waals surface area contributed by atoms with Crippen LogP contribution in [0.15, 0.2) is 18.2 Å². The van der Waals surface area contributed by atoms with Gasteiger partial charge in [-0.2, -0.15) is 0 Å². The Bertz CT molecular complexity index is 455. The van der Waals surface area contributed by atoms with E-state index in [-0.39, 0.29) is 23.5 Å². The van der Waals surface area contributed by atoms with Crippen LogP contribution in [0.1, 0.15) is 17.3 Å². The fourth-order valence-electron chi connectivity index (χ4n) is 1.76. The largest absolute Gasteiger partial charge is 0.491 e. The molecule has 0 bridgehead atoms. The number of nitrogens with zero attached hydrogens (tertiary/aromatic N) is 1. The van der Waals surface area contributed by atoms with Crippen molar-refractivity contribution in [1.82, 2.24) is 4.90 Å². The lowest BCUT2D eigenvalue weighted by molar-refractivity contribution is 0.0506. The van der Waals surface area contributed by atoms with Crippen molar-refractivity contribution >= 4 is 11.6 Å². The number of hydrogen-bond acceptors (Lipinski definition) is 4. The summed E-state index contributed by atoms with van der Waals surface area (Å²) in [6, 6.07) is 4.56. The predicted molar refractivity (Wildman–Crippen MR) is 71.0 cm³/mol. The van der Waals surface area contributed by atoms with Gasteiger partial charge >= 0.3 is 0 Å². The van der Waals surface area contributed by atoms with Crippen LogP contribution in [-0.2, 0) is 0 Å². The molecule has 0 aromatic heterocycles. The Hall–Kier alpha value is -1.89. The molecular weight excluding hydrogens is 270 g/mol. The molecule has 0 saturated carbocycles. The molecule has 112 valence electrons. The number of rotatable bonds is 7. The lowest BCUT2D eigenvalue weighted by Gasteiger charge is -2.23. The van der Waals surface area contributed by atoms with Crippen LogP contribution in [0.2, 0.25) is 0 Å². The van der Waals surface area contributed by atoms with Crippen molar-refractivity contribution in [2.75, 3.05) is 32.0 Å². The van der Waals surface area contributed by atoms with E-state index in [0.717, 1.165) is 4.90 Å². The Morgan fingerprint density at radius 3 is 2.75 bits per heavy atom. The van der Waals surface area contributed by atoms with Gasteiger partial charge in [-0.25, -0.2) is 8.78 Å². The summed E-state index contributed by atoms with van der Waals surface area (Å²) < 4.78 is 30.3. The molecule has 0 spiro atoms. The molecule has 0 fully saturated rings. The maximum Gasteiger partial charge on any atom is 0.257 e. The van der Waals surface area contributed by atoms with Crippen molar-refractivity contribution in [3.05, 3.63) is 23.8 Å². The smallest absolute Gasteiger partial charge is 0.257 e. The van der Waals surface area contributed by atoms with E-state index in [9.17, 15) is 13.6 Å². The number of halogens is 2. The average molecular weight is 288 g/mol. The minimum Gasteiger partial charge on any atom is -0.491 e. The van der Waals surface area contributed by atoms with Crippen LogP contribution in [0.3, 0.4) is 0 Å². The number of ether oxygens (including phenoxy) is 1. The molecule has 0 aliphatic rings. The summed E-state index contributed by atoms with van der Waals surface area (Å²) in [4.78, 5) is 13.1. The van der Waals surface area contributed by atoms with Crippen molar-refractivity contribution in [3.63, 3.8) is 0 Å². The number of carbonyl (C=O) groups is 1. The van der Waals surface area contributed by atoms with Crippen LogP contribution in [0, 0.1) is 0 Å². The summed E-state index contributed by atoms with van der Waals surface area (Å²) in [5.74, 6) is -0.465. The minimum atomic E-state index is -2.68. The van der Waals surface area contributed by atoms with Crippen LogP contribution in [0.4, 0.5) is 14.5 Å². The zero-order chi connectivity index (χ0) is 15.1. The Kier molecular flexibility index (Phi) is 6.17. The Labute approximate surface area is 115 Å². The number of nitrogen functional groups attached to an aromatic ring is 1. The number of amides is 1. The molecule has 20 heavy (non-hydrogen) atoms. The summed E-state index contributed by atoms with van der Waals surface area (Å²) in [7, 11) is 0. The molecule has 0 heterocycles. The van der Waals surface area contributed by atoms with Crippen LogP contribution in [-0.4, -0.2) is 48.6 Å². The fraction of sp³-hybridized carbons (Fsp3) is 0.462. The fourth-order valence-corrected chi connectivity index (χ4v) is 1.76. The molecule has 0 saturated heterocycles. The quantitative estimate of drug-likeness (QED) is 0.743. The van der Waals surface area contributed by atoms with Gasteiger partial charge in [-0.1, -0.05) is 6.07 Å². The lowest BCUT2D eigenvalue weighted by Crippen LogP contribution is -2.37. The molecule has 5 nitrogen and oxygen atoms in total. The summed E-state index contributed by atoms with van der Waals surface area (Å²) in [6.07, 6.45) is -2.68. The van der Waals surface area contributed by atoms with Gasteiger partial charge in [-0.05, 0) is 19.1 Å². The SMILES string of the molecule is CCOc1c(N)cccc1C(=O)N(CCO)CC(F)F. The standard InChI is InChI=1S/C13H18F2N2O3/c1-2-20-12-9(4-3-5-10(12)16)13(19)17(6-7-18)8-11(14)15/h3-5,11,18H,2,6-8,16H2,1H3. The van der Waals surface area contributed by atoms with E-state index < -0.39 is 25.5 Å². The molecule has 0 radical (unpaired) electrons. The number of benzene rings is 1. The number of hydrogen-bond donors (Lipinski definition) is 2. The molecule has 0 aliphatic heterocycles. The first-order valence-electron chi connectivity index (χ1n) is 6.20. The Balaban J connectivity index is 3.07. The molecule has 7 heteroatoms. The van der Waals surface area contributed by atoms with Crippen molar-refractivity contribution in [2.45, 2.75) is 13.3 Å². The van der Waals surface area contributed by atoms with Crippen LogP contribution < -0.4 is 10.5 Å². The highest BCUT2D eigenvalue weighted by atomic mass is 19.3. The first kappa shape index (κ1) is 16.2. The maximum absolute atomic E-state index is 12.5. The number of anilines is 1. The van der Waals surface area contributed by atoms with E-state index in [1.165, 1.54) is 6.07 Å². The third-order valence-corrected chi connectivity index (χ3v) is 2.58. The molecule has 0 unspecified atom stereocenters. The topological polar surface area (TPSA) is 75.8 Å². The van der Waals surface area contributed by atoms with Gasteiger partial charge in [0.2, 0.25) is 0 Å². The van der Waals surface area contributed by atoms with E-state index >= 15 is 0 Å². The highest BCUT2D eigenvalue weighted by Gasteiger charge is 2.23. The minimum absolute atomic E-state index is 0.112. The number of para-hydroxylation sites is 1. The van der Waals surface area contributed by atoms with Crippen molar-refractivity contribution < 1.29 is 23.4 Å². The first-order chi connectivity index (χ1) is 9.51. The monoisotopic (exact) mass is 288 g/mol. The summed E-state index contributed by atoms with van der Waals surface area (Å²) in [6.45, 7) is 0.697. The molecule has 1 amide bonds. The number of aliphatic hydroxyl groups is 1. The van der Waals surface area contributed by atoms with Gasteiger partial charge in [0.1, 0.15) is 0 Å². The number of aliphatic hydroxyl groups excluding tert-OH is 1. The Morgan fingerprint density at radius 2 is 2.20 bits per heavy atom. The second-order valence-electron chi connectivity index (χ2n) is 4.02. The van der Waals surface area contributed by atoms with Gasteiger partial charge < -0.3 is 20.5 Å². The number of carbonyl (C=O) groups excluding carboxylic acids is 1. The average Bonchev–Trinajstić information content (AvgIpc) is 2.39. The molecule has 1 aromatic rings. The second kappa shape index (κ2) is 7.64. The maximum atomic E-state index is 12.5. The van der Waals surface area contributed by atoms with Gasteiger partial charge in [0.25, 0.3) is 12.3 Å². The third kappa shape index (κ3) is 4.06. The van der Waals surface area contributed by atoms with Crippen LogP contribution in [0.25, 0.3) is 0 Å². The van der Waals surface area contributed by atoms with Crippen molar-refractivity contribution in [3.8, 4) is 5.75 Å². The van der Waals surface area contributed by atoms with Crippen LogP contribution in [0.5, 0.6) is 5.75 Å². The third-order valence-electron chi connectivity index (χ3n) is 2.58. The summed E-state index contributed by atoms with van der Waals surface area (Å²) >= 11 is 0. The highest BCUT2D eigenvalue weighted by molar-refractivity contribution is 5.98. The molecule has 1 aromatic carbocycles. The molecule has 0 atom stereocenters. The number of alkyl halides is 2. The Morgan fingerprint density at radius 1 is 1.50 bits per heavy atom. The van der Waals surface area contributed by atoms with Gasteiger partial charge in [-0.15, -0.1) is 0 Å². The summed E-state index contributed by atoms with van der Waals surface area (Å²) in [5, 5.41) is 8.88. The predicted octanol–water partition coefficient (Wildman–Crippen LogP) is 1.37. The molecule has 0 aliphatic carbocycles. The molecule has 3 N–H and O–H groups in total. The first-order valence-corrected chi connectivity index (χ1v) is 6.20. The van der Waals surface area contributed by atoms with Crippen LogP contribution >= 0.6 is 0 Å². The van der Waals surface area contributed by atoms with Gasteiger partial charge in [-0.3, -0.25) is 4.79 Å². The van der Waals surface area contributed by atoms with E-state index in [2.05, 4.69) is 0 Å². The normalized spacial score (nSPS) is 10.7. The molecule has 1 rings (SSSR count). The van der Waals surface area contributed by atoms with E-state index in [4.69, 9.17) is 15.6 Å². The highest BCUT2D eigenvalue weighted by Crippen LogP contribution is 2.27. The van der Waals surface area contributed by atoms with E-state index in [1.807, 2.05) is 0 Å². The number of nitrogens with two attached hydrogens (primary N) is 1. The zero-order valence-electron chi connectivity index (χ0n) is 11.2. The van der Waals surface area contributed by atoms with Crippen molar-refractivity contribution in [2.24, 2.45) is 0 Å². The van der Waals surface area contributed by atoms with E-state index in [0.29, 0.717) is 6.61 Å². The van der Waals surface area contributed by atoms with Crippen molar-refractivity contribution in [1.29, 1.82) is 0 Å². The zero-order valence-corrected chi connectivity index (χ0v) is 11.2. The van der Waals surface area contributed by atoms with Gasteiger partial charge in [0.05, 0.1) is 31.0 Å².